The molecule has 8 heteroatoms. The van der Waals surface area contributed by atoms with E-state index >= 15 is 0 Å². The van der Waals surface area contributed by atoms with Crippen molar-refractivity contribution in [3.63, 3.8) is 0 Å². The number of hydrogen-bond acceptors (Lipinski definition) is 5. The number of piperidine rings is 1. The number of amides is 2. The zero-order valence-corrected chi connectivity index (χ0v) is 16.7. The van der Waals surface area contributed by atoms with Gasteiger partial charge >= 0.3 is 0 Å². The summed E-state index contributed by atoms with van der Waals surface area (Å²) in [6, 6.07) is 12.8. The van der Waals surface area contributed by atoms with Crippen LogP contribution >= 0.6 is 0 Å². The molecule has 1 aliphatic rings. The predicted octanol–water partition coefficient (Wildman–Crippen LogP) is 2.97. The van der Waals surface area contributed by atoms with E-state index in [0.717, 1.165) is 5.56 Å². The molecule has 0 spiro atoms. The number of methoxy groups -OCH3 is 1. The second-order valence-corrected chi connectivity index (χ2v) is 7.16. The topological polar surface area (TPSA) is 100 Å². The molecule has 154 valence electrons. The van der Waals surface area contributed by atoms with Crippen molar-refractivity contribution in [2.45, 2.75) is 12.8 Å². The highest BCUT2D eigenvalue weighted by atomic mass is 16.5. The van der Waals surface area contributed by atoms with Crippen molar-refractivity contribution in [2.75, 3.05) is 25.5 Å². The average Bonchev–Trinajstić information content (AvgIpc) is 3.30. The Morgan fingerprint density at radius 3 is 2.60 bits per heavy atom. The van der Waals surface area contributed by atoms with E-state index in [1.54, 1.807) is 30.5 Å². The molecule has 2 amide bonds. The largest absolute Gasteiger partial charge is 0.495 e. The smallest absolute Gasteiger partial charge is 0.271 e. The Hall–Kier alpha value is -3.68. The highest BCUT2D eigenvalue weighted by molar-refractivity contribution is 5.95. The molecule has 2 N–H and O–H groups in total. The number of pyridine rings is 1. The number of anilines is 1. The standard InChI is InChI=1S/C22H23N5O3/c1-30-20-5-3-2-4-17(20)24-21(28)16-8-12-27(13-9-16)22(29)19-14-18(25-26-19)15-6-10-23-11-7-15/h2-7,10-11,14,16H,8-9,12-13H2,1H3,(H,24,28)(H,25,26). The fourth-order valence-electron chi connectivity index (χ4n) is 3.60. The van der Waals surface area contributed by atoms with Crippen molar-refractivity contribution >= 4 is 17.5 Å². The Morgan fingerprint density at radius 2 is 1.87 bits per heavy atom. The summed E-state index contributed by atoms with van der Waals surface area (Å²) in [4.78, 5) is 31.2. The first-order valence-electron chi connectivity index (χ1n) is 9.84. The zero-order valence-electron chi connectivity index (χ0n) is 16.7. The van der Waals surface area contributed by atoms with E-state index in [-0.39, 0.29) is 17.7 Å². The SMILES string of the molecule is COc1ccccc1NC(=O)C1CCN(C(=O)c2cc(-c3ccncc3)n[nH]2)CC1. The van der Waals surface area contributed by atoms with Crippen LogP contribution in [0.1, 0.15) is 23.3 Å². The normalized spacial score (nSPS) is 14.4. The second kappa shape index (κ2) is 8.77. The Morgan fingerprint density at radius 1 is 1.13 bits per heavy atom. The van der Waals surface area contributed by atoms with Crippen LogP contribution in [0.15, 0.2) is 54.9 Å². The predicted molar refractivity (Wildman–Crippen MR) is 112 cm³/mol. The maximum absolute atomic E-state index is 12.8. The van der Waals surface area contributed by atoms with Crippen molar-refractivity contribution in [1.82, 2.24) is 20.1 Å². The first kappa shape index (κ1) is 19.6. The van der Waals surface area contributed by atoms with Crippen LogP contribution in [0.2, 0.25) is 0 Å². The first-order chi connectivity index (χ1) is 14.7. The number of carbonyl (C=O) groups excluding carboxylic acids is 2. The lowest BCUT2D eigenvalue weighted by Gasteiger charge is -2.31. The maximum atomic E-state index is 12.8. The third-order valence-electron chi connectivity index (χ3n) is 5.30. The monoisotopic (exact) mass is 405 g/mol. The van der Waals surface area contributed by atoms with Gasteiger partial charge in [0.05, 0.1) is 18.5 Å². The number of aromatic amines is 1. The van der Waals surface area contributed by atoms with Gasteiger partial charge in [-0.1, -0.05) is 12.1 Å². The van der Waals surface area contributed by atoms with Crippen LogP contribution in [-0.4, -0.2) is 52.1 Å². The summed E-state index contributed by atoms with van der Waals surface area (Å²) in [6.07, 6.45) is 4.59. The summed E-state index contributed by atoms with van der Waals surface area (Å²) in [5.74, 6) is 0.329. The molecular weight excluding hydrogens is 382 g/mol. The fraction of sp³-hybridized carbons (Fsp3) is 0.273. The summed E-state index contributed by atoms with van der Waals surface area (Å²) in [7, 11) is 1.57. The minimum Gasteiger partial charge on any atom is -0.495 e. The van der Waals surface area contributed by atoms with Crippen LogP contribution in [0, 0.1) is 5.92 Å². The summed E-state index contributed by atoms with van der Waals surface area (Å²) >= 11 is 0. The molecule has 0 radical (unpaired) electrons. The van der Waals surface area contributed by atoms with Gasteiger partial charge in [-0.05, 0) is 43.2 Å². The Kier molecular flexibility index (Phi) is 5.74. The fourth-order valence-corrected chi connectivity index (χ4v) is 3.60. The van der Waals surface area contributed by atoms with Crippen LogP contribution < -0.4 is 10.1 Å². The Labute approximate surface area is 174 Å². The van der Waals surface area contributed by atoms with Gasteiger partial charge < -0.3 is 15.0 Å². The van der Waals surface area contributed by atoms with Crippen LogP contribution in [0.25, 0.3) is 11.3 Å². The number of hydrogen-bond donors (Lipinski definition) is 2. The van der Waals surface area contributed by atoms with Crippen LogP contribution in [0.4, 0.5) is 5.69 Å². The molecule has 1 aromatic carbocycles. The van der Waals surface area contributed by atoms with E-state index in [4.69, 9.17) is 4.74 Å². The summed E-state index contributed by atoms with van der Waals surface area (Å²) in [6.45, 7) is 1.04. The summed E-state index contributed by atoms with van der Waals surface area (Å²) in [5, 5.41) is 10.00. The number of rotatable bonds is 5. The molecular formula is C22H23N5O3. The van der Waals surface area contributed by atoms with E-state index in [2.05, 4.69) is 20.5 Å². The zero-order chi connectivity index (χ0) is 20.9. The molecule has 0 aliphatic carbocycles. The molecule has 4 rings (SSSR count). The molecule has 0 unspecified atom stereocenters. The molecule has 0 bridgehead atoms. The summed E-state index contributed by atoms with van der Waals surface area (Å²) < 4.78 is 5.28. The molecule has 1 fully saturated rings. The van der Waals surface area contributed by atoms with Crippen molar-refractivity contribution in [1.29, 1.82) is 0 Å². The van der Waals surface area contributed by atoms with Gasteiger partial charge in [-0.25, -0.2) is 0 Å². The lowest BCUT2D eigenvalue weighted by molar-refractivity contribution is -0.121. The van der Waals surface area contributed by atoms with E-state index in [9.17, 15) is 9.59 Å². The van der Waals surface area contributed by atoms with Gasteiger partial charge in [0, 0.05) is 37.0 Å². The lowest BCUT2D eigenvalue weighted by atomic mass is 9.95. The van der Waals surface area contributed by atoms with Crippen LogP contribution in [-0.2, 0) is 4.79 Å². The lowest BCUT2D eigenvalue weighted by Crippen LogP contribution is -2.41. The van der Waals surface area contributed by atoms with Crippen molar-refractivity contribution in [3.05, 3.63) is 60.6 Å². The van der Waals surface area contributed by atoms with Gasteiger partial charge in [0.15, 0.2) is 0 Å². The van der Waals surface area contributed by atoms with Gasteiger partial charge in [-0.2, -0.15) is 5.10 Å². The number of likely N-dealkylation sites (tertiary alicyclic amines) is 1. The third-order valence-corrected chi connectivity index (χ3v) is 5.30. The molecule has 2 aromatic heterocycles. The van der Waals surface area contributed by atoms with Crippen LogP contribution in [0.5, 0.6) is 5.75 Å². The summed E-state index contributed by atoms with van der Waals surface area (Å²) in [5.41, 5.74) is 2.70. The number of carbonyl (C=O) groups is 2. The van der Waals surface area contributed by atoms with Gasteiger partial charge in [0.1, 0.15) is 11.4 Å². The first-order valence-corrected chi connectivity index (χ1v) is 9.84. The molecule has 0 saturated carbocycles. The maximum Gasteiger partial charge on any atom is 0.271 e. The van der Waals surface area contributed by atoms with E-state index in [1.807, 2.05) is 36.4 Å². The number of nitrogens with one attached hydrogen (secondary N) is 2. The van der Waals surface area contributed by atoms with Gasteiger partial charge in [-0.15, -0.1) is 0 Å². The minimum absolute atomic E-state index is 0.0480. The van der Waals surface area contributed by atoms with E-state index in [0.29, 0.717) is 48.8 Å². The second-order valence-electron chi connectivity index (χ2n) is 7.16. The minimum atomic E-state index is -0.145. The highest BCUT2D eigenvalue weighted by Gasteiger charge is 2.29. The third kappa shape index (κ3) is 4.17. The number of benzene rings is 1. The Bertz CT molecular complexity index is 1030. The number of aromatic nitrogens is 3. The molecule has 30 heavy (non-hydrogen) atoms. The molecule has 3 aromatic rings. The number of nitrogens with zero attached hydrogens (tertiary/aromatic N) is 3. The van der Waals surface area contributed by atoms with Crippen molar-refractivity contribution < 1.29 is 14.3 Å². The van der Waals surface area contributed by atoms with Crippen molar-refractivity contribution in [2.24, 2.45) is 5.92 Å². The average molecular weight is 405 g/mol. The molecule has 8 nitrogen and oxygen atoms in total. The molecule has 0 atom stereocenters. The number of para-hydroxylation sites is 2. The molecule has 1 aliphatic heterocycles. The van der Waals surface area contributed by atoms with Crippen LogP contribution in [0.3, 0.4) is 0 Å². The highest BCUT2D eigenvalue weighted by Crippen LogP contribution is 2.26. The van der Waals surface area contributed by atoms with E-state index < -0.39 is 0 Å². The van der Waals surface area contributed by atoms with Crippen molar-refractivity contribution in [3.8, 4) is 17.0 Å². The quantitative estimate of drug-likeness (QED) is 0.680. The number of H-pyrrole nitrogens is 1. The number of ether oxygens (including phenoxy) is 1. The van der Waals surface area contributed by atoms with Gasteiger partial charge in [-0.3, -0.25) is 19.7 Å². The Balaban J connectivity index is 1.35. The van der Waals surface area contributed by atoms with E-state index in [1.165, 1.54) is 0 Å². The molecule has 3 heterocycles. The van der Waals surface area contributed by atoms with Gasteiger partial charge in [0.2, 0.25) is 5.91 Å². The van der Waals surface area contributed by atoms with Gasteiger partial charge in [0.25, 0.3) is 5.91 Å². The molecule has 1 saturated heterocycles.